The maximum atomic E-state index is 5.91. The first-order valence-electron chi connectivity index (χ1n) is 7.13. The van der Waals surface area contributed by atoms with Crippen LogP contribution in [0.15, 0.2) is 18.5 Å². The predicted molar refractivity (Wildman–Crippen MR) is 78.5 cm³/mol. The van der Waals surface area contributed by atoms with Crippen LogP contribution in [0.5, 0.6) is 0 Å². The van der Waals surface area contributed by atoms with E-state index in [0.717, 1.165) is 24.3 Å². The lowest BCUT2D eigenvalue weighted by molar-refractivity contribution is 0.387. The molecule has 4 heteroatoms. The summed E-state index contributed by atoms with van der Waals surface area (Å²) in [5.41, 5.74) is 2.72. The van der Waals surface area contributed by atoms with Crippen molar-refractivity contribution >= 4 is 22.6 Å². The second-order valence-corrected chi connectivity index (χ2v) is 6.05. The third-order valence-electron chi connectivity index (χ3n) is 4.18. The molecule has 0 saturated heterocycles. The largest absolute Gasteiger partial charge is 0.327 e. The summed E-state index contributed by atoms with van der Waals surface area (Å²) in [5.74, 6) is 1.73. The Balaban J connectivity index is 1.98. The smallest absolute Gasteiger partial charge is 0.111 e. The average molecular weight is 278 g/mol. The number of alkyl halides is 1. The zero-order valence-electron chi connectivity index (χ0n) is 11.4. The van der Waals surface area contributed by atoms with Gasteiger partial charge >= 0.3 is 0 Å². The molecule has 0 unspecified atom stereocenters. The van der Waals surface area contributed by atoms with E-state index in [1.165, 1.54) is 31.2 Å². The number of halogens is 1. The molecule has 1 aliphatic carbocycles. The molecule has 0 radical (unpaired) electrons. The molecule has 0 bridgehead atoms. The van der Waals surface area contributed by atoms with Crippen LogP contribution in [0.2, 0.25) is 0 Å². The number of pyridine rings is 1. The van der Waals surface area contributed by atoms with Gasteiger partial charge in [0.2, 0.25) is 0 Å². The zero-order valence-corrected chi connectivity index (χ0v) is 12.2. The lowest BCUT2D eigenvalue weighted by atomic mass is 10.0. The predicted octanol–water partition coefficient (Wildman–Crippen LogP) is 3.79. The molecule has 2 aromatic rings. The Morgan fingerprint density at radius 2 is 2.26 bits per heavy atom. The summed E-state index contributed by atoms with van der Waals surface area (Å²) in [6.07, 6.45) is 9.82. The summed E-state index contributed by atoms with van der Waals surface area (Å²) < 4.78 is 2.38. The third-order valence-corrected chi connectivity index (χ3v) is 4.37. The normalized spacial score (nSPS) is 16.9. The Kier molecular flexibility index (Phi) is 3.48. The molecule has 1 fully saturated rings. The van der Waals surface area contributed by atoms with Crippen molar-refractivity contribution in [2.24, 2.45) is 5.41 Å². The van der Waals surface area contributed by atoms with Crippen molar-refractivity contribution < 1.29 is 0 Å². The second kappa shape index (κ2) is 5.12. The van der Waals surface area contributed by atoms with E-state index in [1.54, 1.807) is 0 Å². The van der Waals surface area contributed by atoms with E-state index >= 15 is 0 Å². The Bertz CT molecular complexity index is 572. The number of fused-ring (bicyclic) bond motifs is 1. The molecule has 0 spiro atoms. The van der Waals surface area contributed by atoms with Gasteiger partial charge < -0.3 is 4.57 Å². The highest BCUT2D eigenvalue weighted by atomic mass is 35.5. The summed E-state index contributed by atoms with van der Waals surface area (Å²) in [6.45, 7) is 3.36. The van der Waals surface area contributed by atoms with Crippen LogP contribution in [-0.4, -0.2) is 20.4 Å². The Morgan fingerprint density at radius 1 is 1.42 bits per heavy atom. The maximum Gasteiger partial charge on any atom is 0.111 e. The summed E-state index contributed by atoms with van der Waals surface area (Å²) in [7, 11) is 0. The zero-order chi connectivity index (χ0) is 13.3. The number of aromatic nitrogens is 3. The van der Waals surface area contributed by atoms with Crippen molar-refractivity contribution in [3.05, 3.63) is 24.3 Å². The Labute approximate surface area is 119 Å². The summed E-state index contributed by atoms with van der Waals surface area (Å²) in [5, 5.41) is 0. The van der Waals surface area contributed by atoms with Gasteiger partial charge in [0.05, 0.1) is 11.7 Å². The van der Waals surface area contributed by atoms with Gasteiger partial charge in [-0.1, -0.05) is 13.3 Å². The first-order valence-corrected chi connectivity index (χ1v) is 7.66. The van der Waals surface area contributed by atoms with Gasteiger partial charge in [-0.15, -0.1) is 11.6 Å². The highest BCUT2D eigenvalue weighted by Crippen LogP contribution is 2.51. The summed E-state index contributed by atoms with van der Waals surface area (Å²) in [4.78, 5) is 8.86. The number of imidazole rings is 1. The van der Waals surface area contributed by atoms with Crippen LogP contribution in [0.1, 0.15) is 38.4 Å². The van der Waals surface area contributed by atoms with Gasteiger partial charge in [-0.25, -0.2) is 4.98 Å². The van der Waals surface area contributed by atoms with Crippen molar-refractivity contribution in [2.75, 3.05) is 5.88 Å². The first-order chi connectivity index (χ1) is 9.28. The van der Waals surface area contributed by atoms with Crippen molar-refractivity contribution in [2.45, 2.75) is 45.6 Å². The minimum Gasteiger partial charge on any atom is -0.327 e. The molecule has 1 aliphatic rings. The molecule has 0 aromatic carbocycles. The van der Waals surface area contributed by atoms with E-state index in [2.05, 4.69) is 22.5 Å². The molecule has 1 saturated carbocycles. The minimum absolute atomic E-state index is 0.521. The SMILES string of the molecule is CCCC1(Cn2c(CCCl)nc3cnccc32)CC1. The van der Waals surface area contributed by atoms with Gasteiger partial charge in [0.15, 0.2) is 0 Å². The van der Waals surface area contributed by atoms with Gasteiger partial charge in [-0.3, -0.25) is 4.98 Å². The topological polar surface area (TPSA) is 30.7 Å². The van der Waals surface area contributed by atoms with Crippen molar-refractivity contribution in [1.29, 1.82) is 0 Å². The van der Waals surface area contributed by atoms with Crippen molar-refractivity contribution in [3.8, 4) is 0 Å². The highest BCUT2D eigenvalue weighted by molar-refractivity contribution is 6.17. The molecule has 102 valence electrons. The van der Waals surface area contributed by atoms with E-state index in [1.807, 2.05) is 12.4 Å². The van der Waals surface area contributed by atoms with Crippen LogP contribution in [0.3, 0.4) is 0 Å². The molecule has 0 aliphatic heterocycles. The summed E-state index contributed by atoms with van der Waals surface area (Å²) >= 11 is 5.91. The fourth-order valence-electron chi connectivity index (χ4n) is 3.01. The second-order valence-electron chi connectivity index (χ2n) is 5.67. The van der Waals surface area contributed by atoms with Gasteiger partial charge in [0.25, 0.3) is 0 Å². The summed E-state index contributed by atoms with van der Waals surface area (Å²) in [6, 6.07) is 2.07. The number of hydrogen-bond donors (Lipinski definition) is 0. The maximum absolute atomic E-state index is 5.91. The van der Waals surface area contributed by atoms with Gasteiger partial charge in [0.1, 0.15) is 11.3 Å². The Hall–Kier alpha value is -1.09. The molecule has 0 N–H and O–H groups in total. The highest BCUT2D eigenvalue weighted by Gasteiger charge is 2.42. The van der Waals surface area contributed by atoms with Crippen LogP contribution < -0.4 is 0 Å². The van der Waals surface area contributed by atoms with Crippen LogP contribution in [0.25, 0.3) is 11.0 Å². The molecule has 19 heavy (non-hydrogen) atoms. The van der Waals surface area contributed by atoms with E-state index in [4.69, 9.17) is 16.6 Å². The van der Waals surface area contributed by atoms with E-state index in [0.29, 0.717) is 11.3 Å². The van der Waals surface area contributed by atoms with Crippen LogP contribution in [0.4, 0.5) is 0 Å². The van der Waals surface area contributed by atoms with Crippen molar-refractivity contribution in [3.63, 3.8) is 0 Å². The molecule has 3 rings (SSSR count). The lowest BCUT2D eigenvalue weighted by Gasteiger charge is -2.17. The molecular weight excluding hydrogens is 258 g/mol. The minimum atomic E-state index is 0.521. The van der Waals surface area contributed by atoms with Crippen LogP contribution in [-0.2, 0) is 13.0 Å². The quantitative estimate of drug-likeness (QED) is 0.752. The van der Waals surface area contributed by atoms with Crippen molar-refractivity contribution in [1.82, 2.24) is 14.5 Å². The average Bonchev–Trinajstić information content (AvgIpc) is 3.08. The van der Waals surface area contributed by atoms with Gasteiger partial charge in [0, 0.05) is 25.0 Å². The molecular formula is C15H20ClN3. The third kappa shape index (κ3) is 2.48. The lowest BCUT2D eigenvalue weighted by Crippen LogP contribution is -2.14. The van der Waals surface area contributed by atoms with E-state index < -0.39 is 0 Å². The molecule has 0 amide bonds. The van der Waals surface area contributed by atoms with Gasteiger partial charge in [-0.05, 0) is 30.7 Å². The number of rotatable bonds is 6. The van der Waals surface area contributed by atoms with E-state index in [9.17, 15) is 0 Å². The fourth-order valence-corrected chi connectivity index (χ4v) is 3.18. The molecule has 2 aromatic heterocycles. The fraction of sp³-hybridized carbons (Fsp3) is 0.600. The first kappa shape index (κ1) is 12.9. The standard InChI is InChI=1S/C15H20ClN3/c1-2-5-15(6-7-15)11-19-13-4-9-17-10-12(13)18-14(19)3-8-16/h4,9-10H,2-3,5-8,11H2,1H3. The Morgan fingerprint density at radius 3 is 2.95 bits per heavy atom. The van der Waals surface area contributed by atoms with Gasteiger partial charge in [-0.2, -0.15) is 0 Å². The molecule has 2 heterocycles. The van der Waals surface area contributed by atoms with Crippen LogP contribution >= 0.6 is 11.6 Å². The number of nitrogens with zero attached hydrogens (tertiary/aromatic N) is 3. The number of aryl methyl sites for hydroxylation is 1. The molecule has 0 atom stereocenters. The molecule has 3 nitrogen and oxygen atoms in total. The van der Waals surface area contributed by atoms with E-state index in [-0.39, 0.29) is 0 Å². The van der Waals surface area contributed by atoms with Crippen LogP contribution in [0, 0.1) is 5.41 Å². The monoisotopic (exact) mass is 277 g/mol. The number of hydrogen-bond acceptors (Lipinski definition) is 2.